The van der Waals surface area contributed by atoms with Crippen molar-refractivity contribution in [2.75, 3.05) is 13.2 Å². The summed E-state index contributed by atoms with van der Waals surface area (Å²) in [6, 6.07) is 4.07. The molecule has 15 heavy (non-hydrogen) atoms. The Labute approximate surface area is 90.1 Å². The number of aliphatic hydroxyl groups is 1. The lowest BCUT2D eigenvalue weighted by atomic mass is 9.96. The fourth-order valence-corrected chi connectivity index (χ4v) is 1.84. The minimum atomic E-state index is -0.694. The van der Waals surface area contributed by atoms with Crippen LogP contribution in [0.5, 0.6) is 0 Å². The molecule has 2 rings (SSSR count). The standard InChI is InChI=1S/C12H17NO2/c1-2-10-3-4-11(13-8-10)7-12(14)5-6-15-9-12/h3-4,8,14H,2,5-7,9H2,1H3. The summed E-state index contributed by atoms with van der Waals surface area (Å²) in [6.07, 6.45) is 4.19. The number of nitrogens with zero attached hydrogens (tertiary/aromatic N) is 1. The van der Waals surface area contributed by atoms with E-state index in [1.807, 2.05) is 12.3 Å². The Hall–Kier alpha value is -0.930. The molecule has 1 saturated heterocycles. The van der Waals surface area contributed by atoms with Crippen molar-refractivity contribution >= 4 is 0 Å². The zero-order valence-electron chi connectivity index (χ0n) is 9.07. The molecule has 1 aliphatic rings. The van der Waals surface area contributed by atoms with Gasteiger partial charge in [-0.3, -0.25) is 4.98 Å². The molecule has 82 valence electrons. The zero-order valence-corrected chi connectivity index (χ0v) is 9.07. The average Bonchev–Trinajstić information content (AvgIpc) is 2.66. The highest BCUT2D eigenvalue weighted by Crippen LogP contribution is 2.22. The molecule has 1 N–H and O–H groups in total. The second-order valence-corrected chi connectivity index (χ2v) is 4.22. The number of hydrogen-bond donors (Lipinski definition) is 1. The van der Waals surface area contributed by atoms with E-state index < -0.39 is 5.60 Å². The van der Waals surface area contributed by atoms with Crippen LogP contribution in [0.2, 0.25) is 0 Å². The minimum absolute atomic E-state index is 0.435. The van der Waals surface area contributed by atoms with Crippen molar-refractivity contribution in [2.45, 2.75) is 31.8 Å². The molecular formula is C12H17NO2. The van der Waals surface area contributed by atoms with Crippen LogP contribution in [0.25, 0.3) is 0 Å². The first-order valence-corrected chi connectivity index (χ1v) is 5.46. The summed E-state index contributed by atoms with van der Waals surface area (Å²) >= 11 is 0. The molecule has 0 amide bonds. The van der Waals surface area contributed by atoms with Crippen molar-refractivity contribution in [1.29, 1.82) is 0 Å². The van der Waals surface area contributed by atoms with E-state index in [-0.39, 0.29) is 0 Å². The largest absolute Gasteiger partial charge is 0.387 e. The molecule has 1 aromatic heterocycles. The highest BCUT2D eigenvalue weighted by molar-refractivity contribution is 5.15. The molecule has 1 unspecified atom stereocenters. The second-order valence-electron chi connectivity index (χ2n) is 4.22. The van der Waals surface area contributed by atoms with E-state index in [4.69, 9.17) is 4.74 Å². The normalized spacial score (nSPS) is 25.7. The van der Waals surface area contributed by atoms with E-state index in [2.05, 4.69) is 18.0 Å². The highest BCUT2D eigenvalue weighted by atomic mass is 16.5. The van der Waals surface area contributed by atoms with Gasteiger partial charge in [-0.05, 0) is 18.1 Å². The van der Waals surface area contributed by atoms with Crippen molar-refractivity contribution in [1.82, 2.24) is 4.98 Å². The smallest absolute Gasteiger partial charge is 0.0957 e. The van der Waals surface area contributed by atoms with Crippen LogP contribution in [0, 0.1) is 0 Å². The molecule has 0 spiro atoms. The summed E-state index contributed by atoms with van der Waals surface area (Å²) in [7, 11) is 0. The predicted octanol–water partition coefficient (Wildman–Crippen LogP) is 1.34. The van der Waals surface area contributed by atoms with Gasteiger partial charge in [0.1, 0.15) is 0 Å². The molecule has 2 heterocycles. The Morgan fingerprint density at radius 1 is 1.53 bits per heavy atom. The number of ether oxygens (including phenoxy) is 1. The van der Waals surface area contributed by atoms with E-state index in [1.54, 1.807) is 0 Å². The van der Waals surface area contributed by atoms with Crippen LogP contribution in [0.4, 0.5) is 0 Å². The average molecular weight is 207 g/mol. The molecule has 0 radical (unpaired) electrons. The van der Waals surface area contributed by atoms with Gasteiger partial charge >= 0.3 is 0 Å². The van der Waals surface area contributed by atoms with Crippen LogP contribution in [0.3, 0.4) is 0 Å². The quantitative estimate of drug-likeness (QED) is 0.813. The van der Waals surface area contributed by atoms with Gasteiger partial charge in [0, 0.05) is 31.3 Å². The van der Waals surface area contributed by atoms with Crippen molar-refractivity contribution in [2.24, 2.45) is 0 Å². The molecule has 0 bridgehead atoms. The van der Waals surface area contributed by atoms with Crippen molar-refractivity contribution < 1.29 is 9.84 Å². The Balaban J connectivity index is 2.04. The molecule has 0 aliphatic carbocycles. The lowest BCUT2D eigenvalue weighted by Crippen LogP contribution is -2.31. The molecule has 0 aromatic carbocycles. The van der Waals surface area contributed by atoms with Crippen LogP contribution >= 0.6 is 0 Å². The third-order valence-electron chi connectivity index (χ3n) is 2.89. The van der Waals surface area contributed by atoms with Crippen molar-refractivity contribution in [3.8, 4) is 0 Å². The Kier molecular flexibility index (Phi) is 3.03. The number of pyridine rings is 1. The van der Waals surface area contributed by atoms with Gasteiger partial charge in [0.15, 0.2) is 0 Å². The lowest BCUT2D eigenvalue weighted by molar-refractivity contribution is 0.0263. The van der Waals surface area contributed by atoms with Crippen LogP contribution in [-0.4, -0.2) is 28.9 Å². The van der Waals surface area contributed by atoms with Crippen molar-refractivity contribution in [3.05, 3.63) is 29.6 Å². The monoisotopic (exact) mass is 207 g/mol. The molecule has 1 fully saturated rings. The Morgan fingerprint density at radius 3 is 2.93 bits per heavy atom. The number of hydrogen-bond acceptors (Lipinski definition) is 3. The second kappa shape index (κ2) is 4.29. The van der Waals surface area contributed by atoms with Crippen molar-refractivity contribution in [3.63, 3.8) is 0 Å². The summed E-state index contributed by atoms with van der Waals surface area (Å²) in [5.74, 6) is 0. The van der Waals surface area contributed by atoms with Crippen LogP contribution in [-0.2, 0) is 17.6 Å². The molecule has 1 aromatic rings. The third kappa shape index (κ3) is 2.55. The summed E-state index contributed by atoms with van der Waals surface area (Å²) in [5.41, 5.74) is 1.48. The van der Waals surface area contributed by atoms with Crippen LogP contribution in [0.15, 0.2) is 18.3 Å². The first-order chi connectivity index (χ1) is 7.22. The minimum Gasteiger partial charge on any atom is -0.387 e. The van der Waals surface area contributed by atoms with Gasteiger partial charge in [0.25, 0.3) is 0 Å². The van der Waals surface area contributed by atoms with Gasteiger partial charge in [-0.1, -0.05) is 13.0 Å². The topological polar surface area (TPSA) is 42.4 Å². The first kappa shape index (κ1) is 10.6. The maximum atomic E-state index is 10.1. The first-order valence-electron chi connectivity index (χ1n) is 5.46. The fraction of sp³-hybridized carbons (Fsp3) is 0.583. The number of rotatable bonds is 3. The van der Waals surface area contributed by atoms with E-state index in [1.165, 1.54) is 5.56 Å². The SMILES string of the molecule is CCc1ccc(CC2(O)CCOC2)nc1. The van der Waals surface area contributed by atoms with Gasteiger partial charge in [-0.15, -0.1) is 0 Å². The van der Waals surface area contributed by atoms with Gasteiger partial charge in [0.05, 0.1) is 12.2 Å². The molecule has 1 atom stereocenters. The molecule has 3 nitrogen and oxygen atoms in total. The number of aromatic nitrogens is 1. The van der Waals surface area contributed by atoms with Crippen LogP contribution in [0.1, 0.15) is 24.6 Å². The zero-order chi connectivity index (χ0) is 10.7. The maximum Gasteiger partial charge on any atom is 0.0957 e. The number of aryl methyl sites for hydroxylation is 1. The van der Waals surface area contributed by atoms with E-state index in [0.29, 0.717) is 26.1 Å². The summed E-state index contributed by atoms with van der Waals surface area (Å²) < 4.78 is 5.20. The summed E-state index contributed by atoms with van der Waals surface area (Å²) in [4.78, 5) is 4.34. The van der Waals surface area contributed by atoms with Gasteiger partial charge < -0.3 is 9.84 Å². The van der Waals surface area contributed by atoms with E-state index >= 15 is 0 Å². The highest BCUT2D eigenvalue weighted by Gasteiger charge is 2.32. The van der Waals surface area contributed by atoms with Gasteiger partial charge in [0.2, 0.25) is 0 Å². The molecular weight excluding hydrogens is 190 g/mol. The predicted molar refractivity (Wildman–Crippen MR) is 57.7 cm³/mol. The maximum absolute atomic E-state index is 10.1. The van der Waals surface area contributed by atoms with E-state index in [0.717, 1.165) is 12.1 Å². The summed E-state index contributed by atoms with van der Waals surface area (Å²) in [6.45, 7) is 3.20. The van der Waals surface area contributed by atoms with Gasteiger partial charge in [-0.25, -0.2) is 0 Å². The fourth-order valence-electron chi connectivity index (χ4n) is 1.84. The molecule has 1 aliphatic heterocycles. The van der Waals surface area contributed by atoms with Crippen LogP contribution < -0.4 is 0 Å². The van der Waals surface area contributed by atoms with E-state index in [9.17, 15) is 5.11 Å². The van der Waals surface area contributed by atoms with Gasteiger partial charge in [-0.2, -0.15) is 0 Å². The molecule has 3 heteroatoms. The lowest BCUT2D eigenvalue weighted by Gasteiger charge is -2.19. The Bertz CT molecular complexity index is 315. The Morgan fingerprint density at radius 2 is 2.40 bits per heavy atom. The molecule has 0 saturated carbocycles. The third-order valence-corrected chi connectivity index (χ3v) is 2.89. The summed E-state index contributed by atoms with van der Waals surface area (Å²) in [5, 5.41) is 10.1.